The van der Waals surface area contributed by atoms with Crippen molar-refractivity contribution in [3.63, 3.8) is 0 Å². The minimum absolute atomic E-state index is 0. The third kappa shape index (κ3) is 3.67. The standard InChI is InChI=1S/C18H20F3N3OS.ClH/c1-11-12-2-3-13(18(19,20)21)23-15(12)26-14(11)16(25)24-8-5-17(6-9-24)4-7-22-10-17;/h2-3,22H,4-10H2,1H3;1H. The van der Waals surface area contributed by atoms with Gasteiger partial charge in [0.05, 0.1) is 4.88 Å². The smallest absolute Gasteiger partial charge is 0.338 e. The number of nitrogens with one attached hydrogen (secondary N) is 1. The molecule has 0 aliphatic carbocycles. The molecule has 0 saturated carbocycles. The summed E-state index contributed by atoms with van der Waals surface area (Å²) >= 11 is 1.07. The predicted molar refractivity (Wildman–Crippen MR) is 102 cm³/mol. The van der Waals surface area contributed by atoms with Gasteiger partial charge in [-0.2, -0.15) is 13.2 Å². The van der Waals surface area contributed by atoms with Crippen LogP contribution in [0.4, 0.5) is 13.2 Å². The molecule has 1 spiro atoms. The molecule has 2 saturated heterocycles. The van der Waals surface area contributed by atoms with Crippen molar-refractivity contribution < 1.29 is 18.0 Å². The maximum absolute atomic E-state index is 12.9. The normalized spacial score (nSPS) is 19.5. The van der Waals surface area contributed by atoms with Crippen molar-refractivity contribution in [2.45, 2.75) is 32.4 Å². The molecule has 9 heteroatoms. The van der Waals surface area contributed by atoms with Crippen LogP contribution in [0.3, 0.4) is 0 Å². The second-order valence-electron chi connectivity index (χ2n) is 7.32. The van der Waals surface area contributed by atoms with Gasteiger partial charge in [-0.25, -0.2) is 4.98 Å². The summed E-state index contributed by atoms with van der Waals surface area (Å²) < 4.78 is 38.6. The second-order valence-corrected chi connectivity index (χ2v) is 8.32. The third-order valence-electron chi connectivity index (χ3n) is 5.73. The molecule has 0 radical (unpaired) electrons. The lowest BCUT2D eigenvalue weighted by Crippen LogP contribution is -2.43. The fourth-order valence-corrected chi connectivity index (χ4v) is 5.16. The molecular formula is C18H21ClF3N3OS. The molecule has 4 nitrogen and oxygen atoms in total. The summed E-state index contributed by atoms with van der Waals surface area (Å²) in [6.07, 6.45) is -1.37. The van der Waals surface area contributed by atoms with Crippen molar-refractivity contribution >= 4 is 39.9 Å². The molecule has 2 aliphatic heterocycles. The van der Waals surface area contributed by atoms with Crippen molar-refractivity contribution in [2.24, 2.45) is 5.41 Å². The summed E-state index contributed by atoms with van der Waals surface area (Å²) in [5.74, 6) is -0.0835. The molecule has 4 rings (SSSR count). The lowest BCUT2D eigenvalue weighted by atomic mass is 9.78. The molecule has 0 bridgehead atoms. The molecule has 0 atom stereocenters. The molecule has 1 amide bonds. The molecule has 2 aromatic heterocycles. The minimum atomic E-state index is -4.48. The number of aromatic nitrogens is 1. The Morgan fingerprint density at radius 3 is 2.56 bits per heavy atom. The summed E-state index contributed by atoms with van der Waals surface area (Å²) in [5.41, 5.74) is 0.118. The number of piperidine rings is 1. The number of carbonyl (C=O) groups is 1. The molecule has 2 aliphatic rings. The number of alkyl halides is 3. The van der Waals surface area contributed by atoms with E-state index in [2.05, 4.69) is 10.3 Å². The van der Waals surface area contributed by atoms with Crippen LogP contribution in [0, 0.1) is 12.3 Å². The van der Waals surface area contributed by atoms with Crippen molar-refractivity contribution in [3.8, 4) is 0 Å². The number of fused-ring (bicyclic) bond motifs is 1. The molecule has 4 heterocycles. The van der Waals surface area contributed by atoms with Gasteiger partial charge in [-0.1, -0.05) is 0 Å². The van der Waals surface area contributed by atoms with Crippen molar-refractivity contribution in [3.05, 3.63) is 28.3 Å². The molecule has 148 valence electrons. The summed E-state index contributed by atoms with van der Waals surface area (Å²) in [6, 6.07) is 2.40. The highest BCUT2D eigenvalue weighted by Gasteiger charge is 2.39. The van der Waals surface area contributed by atoms with Crippen LogP contribution in [0.15, 0.2) is 12.1 Å². The van der Waals surface area contributed by atoms with E-state index < -0.39 is 11.9 Å². The molecule has 1 N–H and O–H groups in total. The van der Waals surface area contributed by atoms with Gasteiger partial charge in [0.1, 0.15) is 10.5 Å². The van der Waals surface area contributed by atoms with Gasteiger partial charge in [-0.05, 0) is 55.8 Å². The second kappa shape index (κ2) is 7.22. The van der Waals surface area contributed by atoms with Crippen LogP contribution in [0.1, 0.15) is 40.2 Å². The average molecular weight is 420 g/mol. The number of thiophene rings is 1. The number of halogens is 4. The first kappa shape index (κ1) is 20.4. The Morgan fingerprint density at radius 1 is 1.26 bits per heavy atom. The number of rotatable bonds is 1. The Morgan fingerprint density at radius 2 is 1.96 bits per heavy atom. The number of aryl methyl sites for hydroxylation is 1. The van der Waals surface area contributed by atoms with Gasteiger partial charge in [0.15, 0.2) is 0 Å². The maximum Gasteiger partial charge on any atom is 0.433 e. The van der Waals surface area contributed by atoms with E-state index in [1.54, 1.807) is 6.92 Å². The number of hydrogen-bond donors (Lipinski definition) is 1. The zero-order valence-electron chi connectivity index (χ0n) is 14.9. The van der Waals surface area contributed by atoms with Crippen LogP contribution in [0.2, 0.25) is 0 Å². The van der Waals surface area contributed by atoms with E-state index in [0.29, 0.717) is 28.8 Å². The number of nitrogens with zero attached hydrogens (tertiary/aromatic N) is 2. The quantitative estimate of drug-likeness (QED) is 0.751. The van der Waals surface area contributed by atoms with Crippen molar-refractivity contribution in [1.82, 2.24) is 15.2 Å². The van der Waals surface area contributed by atoms with Gasteiger partial charge < -0.3 is 10.2 Å². The van der Waals surface area contributed by atoms with Crippen molar-refractivity contribution in [2.75, 3.05) is 26.2 Å². The van der Waals surface area contributed by atoms with Crippen LogP contribution >= 0.6 is 23.7 Å². The summed E-state index contributed by atoms with van der Waals surface area (Å²) in [5, 5.41) is 4.03. The Balaban J connectivity index is 0.00000210. The third-order valence-corrected chi connectivity index (χ3v) is 6.92. The van der Waals surface area contributed by atoms with E-state index in [9.17, 15) is 18.0 Å². The van der Waals surface area contributed by atoms with Gasteiger partial charge >= 0.3 is 6.18 Å². The highest BCUT2D eigenvalue weighted by Crippen LogP contribution is 2.39. The number of pyridine rings is 1. The number of carbonyl (C=O) groups excluding carboxylic acids is 1. The molecule has 2 fully saturated rings. The van der Waals surface area contributed by atoms with Gasteiger partial charge in [0.2, 0.25) is 0 Å². The van der Waals surface area contributed by atoms with Crippen LogP contribution in [-0.2, 0) is 6.18 Å². The molecule has 27 heavy (non-hydrogen) atoms. The summed E-state index contributed by atoms with van der Waals surface area (Å²) in [6.45, 7) is 5.25. The lowest BCUT2D eigenvalue weighted by molar-refractivity contribution is -0.140. The van der Waals surface area contributed by atoms with E-state index in [-0.39, 0.29) is 23.1 Å². The van der Waals surface area contributed by atoms with Crippen LogP contribution in [-0.4, -0.2) is 42.0 Å². The molecule has 0 aromatic carbocycles. The first-order chi connectivity index (χ1) is 12.3. The van der Waals surface area contributed by atoms with E-state index in [1.807, 2.05) is 4.90 Å². The first-order valence-electron chi connectivity index (χ1n) is 8.76. The largest absolute Gasteiger partial charge is 0.433 e. The van der Waals surface area contributed by atoms with Gasteiger partial charge in [0.25, 0.3) is 5.91 Å². The summed E-state index contributed by atoms with van der Waals surface area (Å²) in [7, 11) is 0. The fourth-order valence-electron chi connectivity index (χ4n) is 4.01. The zero-order valence-corrected chi connectivity index (χ0v) is 16.5. The molecule has 2 aromatic rings. The highest BCUT2D eigenvalue weighted by atomic mass is 35.5. The zero-order chi connectivity index (χ0) is 18.5. The van der Waals surface area contributed by atoms with Crippen LogP contribution < -0.4 is 5.32 Å². The average Bonchev–Trinajstić information content (AvgIpc) is 3.19. The highest BCUT2D eigenvalue weighted by molar-refractivity contribution is 7.20. The van der Waals surface area contributed by atoms with E-state index in [0.717, 1.165) is 55.3 Å². The lowest BCUT2D eigenvalue weighted by Gasteiger charge is -2.38. The Bertz CT molecular complexity index is 851. The Labute approximate surface area is 165 Å². The fraction of sp³-hybridized carbons (Fsp3) is 0.556. The maximum atomic E-state index is 12.9. The topological polar surface area (TPSA) is 45.2 Å². The van der Waals surface area contributed by atoms with Gasteiger partial charge in [-0.3, -0.25) is 4.79 Å². The Hall–Kier alpha value is -1.38. The van der Waals surface area contributed by atoms with E-state index in [1.165, 1.54) is 6.07 Å². The monoisotopic (exact) mass is 419 g/mol. The number of hydrogen-bond acceptors (Lipinski definition) is 4. The Kier molecular flexibility index (Phi) is 5.44. The van der Waals surface area contributed by atoms with Crippen LogP contribution in [0.25, 0.3) is 10.2 Å². The van der Waals surface area contributed by atoms with E-state index >= 15 is 0 Å². The van der Waals surface area contributed by atoms with E-state index in [4.69, 9.17) is 0 Å². The van der Waals surface area contributed by atoms with Crippen LogP contribution in [0.5, 0.6) is 0 Å². The SMILES string of the molecule is Cc1c(C(=O)N2CCC3(CCNC3)CC2)sc2nc(C(F)(F)F)ccc12.Cl. The molecule has 0 unspecified atom stereocenters. The van der Waals surface area contributed by atoms with Gasteiger partial charge in [0, 0.05) is 25.0 Å². The minimum Gasteiger partial charge on any atom is -0.338 e. The molecular weight excluding hydrogens is 399 g/mol. The number of likely N-dealkylation sites (tertiary alicyclic amines) is 1. The predicted octanol–water partition coefficient (Wildman–Crippen LogP) is 4.26. The van der Waals surface area contributed by atoms with Crippen molar-refractivity contribution in [1.29, 1.82) is 0 Å². The number of amides is 1. The van der Waals surface area contributed by atoms with Gasteiger partial charge in [-0.15, -0.1) is 23.7 Å². The first-order valence-corrected chi connectivity index (χ1v) is 9.58. The summed E-state index contributed by atoms with van der Waals surface area (Å²) in [4.78, 5) is 19.3.